The topological polar surface area (TPSA) is 37.3 Å². The van der Waals surface area contributed by atoms with E-state index in [2.05, 4.69) is 0 Å². The summed E-state index contributed by atoms with van der Waals surface area (Å²) in [5.74, 6) is 0.657. The van der Waals surface area contributed by atoms with E-state index in [-0.39, 0.29) is 30.0 Å². The summed E-state index contributed by atoms with van der Waals surface area (Å²) in [7, 11) is 0. The zero-order chi connectivity index (χ0) is 18.2. The van der Waals surface area contributed by atoms with Crippen molar-refractivity contribution in [1.29, 1.82) is 0 Å². The summed E-state index contributed by atoms with van der Waals surface area (Å²) in [5, 5.41) is 11.0. The SMILES string of the molecule is C[C@]12CCC3C4CCC(=O)C(Cl)=C4CCC3C1CC[C@]2(O)C(F)(F)F. The fourth-order valence-electron chi connectivity index (χ4n) is 6.72. The van der Waals surface area contributed by atoms with Crippen LogP contribution in [0.15, 0.2) is 10.6 Å². The van der Waals surface area contributed by atoms with Crippen molar-refractivity contribution >= 4 is 17.4 Å². The Morgan fingerprint density at radius 2 is 1.80 bits per heavy atom. The molecule has 0 aromatic rings. The molecule has 0 aromatic heterocycles. The molecular weight excluding hydrogens is 353 g/mol. The van der Waals surface area contributed by atoms with Gasteiger partial charge in [0.2, 0.25) is 0 Å². The van der Waals surface area contributed by atoms with Crippen LogP contribution in [0.4, 0.5) is 13.2 Å². The zero-order valence-electron chi connectivity index (χ0n) is 14.3. The quantitative estimate of drug-likeness (QED) is 0.646. The lowest BCUT2D eigenvalue weighted by Crippen LogP contribution is -2.59. The highest BCUT2D eigenvalue weighted by Gasteiger charge is 2.71. The second-order valence-corrected chi connectivity index (χ2v) is 9.11. The number of aliphatic hydroxyl groups is 1. The van der Waals surface area contributed by atoms with Crippen molar-refractivity contribution in [2.45, 2.75) is 70.1 Å². The van der Waals surface area contributed by atoms with Gasteiger partial charge < -0.3 is 5.11 Å². The molecule has 0 bridgehead atoms. The summed E-state index contributed by atoms with van der Waals surface area (Å²) in [6.07, 6.45) is -0.527. The molecule has 3 saturated carbocycles. The second-order valence-electron chi connectivity index (χ2n) is 8.73. The Bertz CT molecular complexity index is 643. The lowest BCUT2D eigenvalue weighted by atomic mass is 9.50. The second kappa shape index (κ2) is 5.48. The molecule has 0 aromatic carbocycles. The van der Waals surface area contributed by atoms with Gasteiger partial charge in [0, 0.05) is 11.8 Å². The number of allylic oxidation sites excluding steroid dienone is 1. The molecule has 0 aliphatic heterocycles. The first-order chi connectivity index (χ1) is 11.6. The average molecular weight is 377 g/mol. The molecule has 0 radical (unpaired) electrons. The summed E-state index contributed by atoms with van der Waals surface area (Å²) >= 11 is 6.26. The van der Waals surface area contributed by atoms with Gasteiger partial charge in [0.15, 0.2) is 11.4 Å². The monoisotopic (exact) mass is 376 g/mol. The molecule has 4 aliphatic rings. The Morgan fingerprint density at radius 3 is 2.48 bits per heavy atom. The van der Waals surface area contributed by atoms with Gasteiger partial charge in [-0.1, -0.05) is 18.5 Å². The first-order valence-corrected chi connectivity index (χ1v) is 9.69. The van der Waals surface area contributed by atoms with E-state index in [1.54, 1.807) is 6.92 Å². The van der Waals surface area contributed by atoms with Crippen molar-refractivity contribution in [3.05, 3.63) is 10.6 Å². The largest absolute Gasteiger partial charge is 0.417 e. The van der Waals surface area contributed by atoms with Crippen LogP contribution >= 0.6 is 11.6 Å². The highest BCUT2D eigenvalue weighted by Crippen LogP contribution is 2.67. The molecule has 2 nitrogen and oxygen atoms in total. The van der Waals surface area contributed by atoms with E-state index < -0.39 is 17.2 Å². The smallest absolute Gasteiger partial charge is 0.380 e. The molecule has 0 saturated heterocycles. The van der Waals surface area contributed by atoms with Gasteiger partial charge in [-0.2, -0.15) is 13.2 Å². The van der Waals surface area contributed by atoms with E-state index in [9.17, 15) is 23.1 Å². The maximum Gasteiger partial charge on any atom is 0.417 e. The molecule has 25 heavy (non-hydrogen) atoms. The number of Topliss-reactive ketones (excluding diaryl/α,β-unsaturated/α-hetero) is 1. The number of alkyl halides is 3. The molecule has 140 valence electrons. The summed E-state index contributed by atoms with van der Waals surface area (Å²) in [4.78, 5) is 11.9. The van der Waals surface area contributed by atoms with Crippen molar-refractivity contribution < 1.29 is 23.1 Å². The Hall–Kier alpha value is -0.550. The van der Waals surface area contributed by atoms with E-state index in [0.29, 0.717) is 43.1 Å². The number of carbonyl (C=O) groups excluding carboxylic acids is 1. The molecule has 1 N–H and O–H groups in total. The standard InChI is InChI=1S/C19H24ClF3O2/c1-17-8-6-11-10-4-5-15(24)16(20)13(10)3-2-12(11)14(17)7-9-18(17,25)19(21,22)23/h10-12,14,25H,2-9H2,1H3/t10?,11?,12?,14?,17-,18+/m0/s1. The third-order valence-corrected chi connectivity index (χ3v) is 8.49. The lowest BCUT2D eigenvalue weighted by Gasteiger charge is -2.55. The summed E-state index contributed by atoms with van der Waals surface area (Å²) in [6, 6.07) is 0. The van der Waals surface area contributed by atoms with Crippen molar-refractivity contribution in [3.63, 3.8) is 0 Å². The Morgan fingerprint density at radius 1 is 1.08 bits per heavy atom. The normalized spacial score (nSPS) is 47.4. The van der Waals surface area contributed by atoms with E-state index >= 15 is 0 Å². The van der Waals surface area contributed by atoms with Crippen LogP contribution in [0, 0.1) is 29.1 Å². The van der Waals surface area contributed by atoms with Crippen LogP contribution in [0.2, 0.25) is 0 Å². The Labute approximate surface area is 150 Å². The molecule has 0 amide bonds. The van der Waals surface area contributed by atoms with Crippen LogP contribution in [-0.4, -0.2) is 22.7 Å². The van der Waals surface area contributed by atoms with Gasteiger partial charge in [-0.15, -0.1) is 0 Å². The maximum atomic E-state index is 13.6. The molecule has 4 rings (SSSR count). The van der Waals surface area contributed by atoms with Gasteiger partial charge >= 0.3 is 6.18 Å². The van der Waals surface area contributed by atoms with Crippen LogP contribution in [0.25, 0.3) is 0 Å². The highest BCUT2D eigenvalue weighted by molar-refractivity contribution is 6.43. The van der Waals surface area contributed by atoms with Gasteiger partial charge in [-0.05, 0) is 74.2 Å². The zero-order valence-corrected chi connectivity index (χ0v) is 15.1. The van der Waals surface area contributed by atoms with Gasteiger partial charge in [0.25, 0.3) is 0 Å². The van der Waals surface area contributed by atoms with Gasteiger partial charge in [0.1, 0.15) is 0 Å². The minimum absolute atomic E-state index is 0.0133. The average Bonchev–Trinajstić information content (AvgIpc) is 2.83. The highest BCUT2D eigenvalue weighted by atomic mass is 35.5. The first-order valence-electron chi connectivity index (χ1n) is 9.31. The molecule has 4 unspecified atom stereocenters. The first kappa shape index (κ1) is 17.8. The van der Waals surface area contributed by atoms with E-state index in [1.807, 2.05) is 0 Å². The molecule has 4 aliphatic carbocycles. The minimum atomic E-state index is -4.58. The van der Waals surface area contributed by atoms with Gasteiger partial charge in [-0.25, -0.2) is 0 Å². The number of hydrogen-bond acceptors (Lipinski definition) is 2. The van der Waals surface area contributed by atoms with Gasteiger partial charge in [0.05, 0.1) is 5.03 Å². The van der Waals surface area contributed by atoms with Crippen molar-refractivity contribution in [2.75, 3.05) is 0 Å². The van der Waals surface area contributed by atoms with Crippen molar-refractivity contribution in [1.82, 2.24) is 0 Å². The number of hydrogen-bond donors (Lipinski definition) is 1. The van der Waals surface area contributed by atoms with Gasteiger partial charge in [-0.3, -0.25) is 4.79 Å². The van der Waals surface area contributed by atoms with Crippen LogP contribution in [-0.2, 0) is 4.79 Å². The number of carbonyl (C=O) groups is 1. The summed E-state index contributed by atoms with van der Waals surface area (Å²) in [5.41, 5.74) is -2.61. The molecule has 0 heterocycles. The third kappa shape index (κ3) is 2.24. The van der Waals surface area contributed by atoms with Crippen LogP contribution in [0.5, 0.6) is 0 Å². The lowest BCUT2D eigenvalue weighted by molar-refractivity contribution is -0.302. The van der Waals surface area contributed by atoms with Crippen molar-refractivity contribution in [3.8, 4) is 0 Å². The van der Waals surface area contributed by atoms with Crippen LogP contribution in [0.1, 0.15) is 58.3 Å². The summed E-state index contributed by atoms with van der Waals surface area (Å²) < 4.78 is 40.9. The molecule has 0 spiro atoms. The van der Waals surface area contributed by atoms with E-state index in [0.717, 1.165) is 18.4 Å². The van der Waals surface area contributed by atoms with E-state index in [1.165, 1.54) is 0 Å². The predicted molar refractivity (Wildman–Crippen MR) is 87.9 cm³/mol. The third-order valence-electron chi connectivity index (χ3n) is 8.03. The summed E-state index contributed by atoms with van der Waals surface area (Å²) in [6.45, 7) is 1.65. The Balaban J connectivity index is 1.67. The number of fused-ring (bicyclic) bond motifs is 5. The molecule has 6 heteroatoms. The number of halogens is 4. The number of ketones is 1. The van der Waals surface area contributed by atoms with E-state index in [4.69, 9.17) is 11.6 Å². The molecule has 3 fully saturated rings. The predicted octanol–water partition coefficient (Wildman–Crippen LogP) is 4.99. The maximum absolute atomic E-state index is 13.6. The van der Waals surface area contributed by atoms with Crippen molar-refractivity contribution in [2.24, 2.45) is 29.1 Å². The minimum Gasteiger partial charge on any atom is -0.380 e. The number of rotatable bonds is 0. The van der Waals surface area contributed by atoms with Crippen LogP contribution < -0.4 is 0 Å². The molecule has 6 atom stereocenters. The van der Waals surface area contributed by atoms with Crippen LogP contribution in [0.3, 0.4) is 0 Å². The molecular formula is C19H24ClF3O2. The fourth-order valence-corrected chi connectivity index (χ4v) is 7.04. The Kier molecular flexibility index (Phi) is 3.91. The fraction of sp³-hybridized carbons (Fsp3) is 0.842.